The lowest BCUT2D eigenvalue weighted by Crippen LogP contribution is -2.31. The minimum atomic E-state index is -0.318. The Hall–Kier alpha value is 0.640. The largest absolute Gasteiger partial charge is 0.397 e. The minimum absolute atomic E-state index is 0.318. The Morgan fingerprint density at radius 2 is 1.86 bits per heavy atom. The van der Waals surface area contributed by atoms with Crippen LogP contribution in [0.2, 0.25) is 0 Å². The molecule has 0 heterocycles. The van der Waals surface area contributed by atoms with Gasteiger partial charge in [-0.25, -0.2) is 5.84 Å². The molecule has 0 aliphatic carbocycles. The predicted molar refractivity (Wildman–Crippen MR) is 80.7 cm³/mol. The Bertz CT molecular complexity index is 394. The first-order valence-electron chi connectivity index (χ1n) is 3.43. The summed E-state index contributed by atoms with van der Waals surface area (Å²) >= 11 is 6.26. The van der Waals surface area contributed by atoms with E-state index in [4.69, 9.17) is 11.6 Å². The summed E-state index contributed by atoms with van der Waals surface area (Å²) in [6, 6.07) is 1.85. The number of nitrogen functional groups attached to an aromatic ring is 2. The van der Waals surface area contributed by atoms with Crippen LogP contribution in [-0.2, 0) is 0 Å². The van der Waals surface area contributed by atoms with Gasteiger partial charge in [0.1, 0.15) is 0 Å². The molecule has 0 unspecified atom stereocenters. The second kappa shape index (κ2) is 5.12. The monoisotopic (exact) mass is 529 g/mol. The molecule has 0 spiro atoms. The highest BCUT2D eigenvalue weighted by Gasteiger charge is 2.17. The normalized spacial score (nSPS) is 10.0. The van der Waals surface area contributed by atoms with Crippen molar-refractivity contribution in [1.82, 2.24) is 5.43 Å². The molecule has 0 saturated carbocycles. The molecular formula is C7H6I3N3O. The van der Waals surface area contributed by atoms with E-state index in [1.165, 1.54) is 0 Å². The van der Waals surface area contributed by atoms with Crippen LogP contribution in [0.3, 0.4) is 0 Å². The van der Waals surface area contributed by atoms with E-state index in [-0.39, 0.29) is 5.91 Å². The topological polar surface area (TPSA) is 81.1 Å². The lowest BCUT2D eigenvalue weighted by atomic mass is 10.2. The average Bonchev–Trinajstić information content (AvgIpc) is 2.14. The van der Waals surface area contributed by atoms with Crippen LogP contribution in [0, 0.1) is 10.7 Å². The first-order valence-corrected chi connectivity index (χ1v) is 6.66. The summed E-state index contributed by atoms with van der Waals surface area (Å²) in [6.07, 6.45) is 0. The van der Waals surface area contributed by atoms with Crippen molar-refractivity contribution < 1.29 is 4.79 Å². The molecule has 4 nitrogen and oxygen atoms in total. The van der Waals surface area contributed by atoms with Gasteiger partial charge in [0.15, 0.2) is 0 Å². The van der Waals surface area contributed by atoms with Gasteiger partial charge >= 0.3 is 0 Å². The smallest absolute Gasteiger partial charge is 0.267 e. The van der Waals surface area contributed by atoms with Crippen molar-refractivity contribution in [2.45, 2.75) is 0 Å². The number of nitrogens with two attached hydrogens (primary N) is 2. The molecule has 14 heavy (non-hydrogen) atoms. The Morgan fingerprint density at radius 3 is 2.36 bits per heavy atom. The highest BCUT2D eigenvalue weighted by Crippen LogP contribution is 2.29. The lowest BCUT2D eigenvalue weighted by Gasteiger charge is -2.09. The second-order valence-corrected chi connectivity index (χ2v) is 5.82. The van der Waals surface area contributed by atoms with Crippen molar-refractivity contribution in [3.05, 3.63) is 22.3 Å². The summed E-state index contributed by atoms with van der Waals surface area (Å²) in [5.74, 6) is 4.76. The summed E-state index contributed by atoms with van der Waals surface area (Å²) in [5.41, 5.74) is 9.06. The van der Waals surface area contributed by atoms with Gasteiger partial charge in [-0.1, -0.05) is 0 Å². The van der Waals surface area contributed by atoms with Crippen LogP contribution in [0.4, 0.5) is 5.69 Å². The molecule has 0 bridgehead atoms. The number of halogens is 3. The fraction of sp³-hybridized carbons (Fsp3) is 0. The number of rotatable bonds is 1. The van der Waals surface area contributed by atoms with Crippen molar-refractivity contribution >= 4 is 79.4 Å². The molecule has 1 aromatic carbocycles. The molecule has 1 aromatic rings. The molecule has 0 radical (unpaired) electrons. The van der Waals surface area contributed by atoms with Gasteiger partial charge in [-0.05, 0) is 73.8 Å². The van der Waals surface area contributed by atoms with Gasteiger partial charge in [0.25, 0.3) is 5.91 Å². The van der Waals surface area contributed by atoms with E-state index < -0.39 is 0 Å². The number of anilines is 1. The van der Waals surface area contributed by atoms with E-state index in [0.29, 0.717) is 11.3 Å². The second-order valence-electron chi connectivity index (χ2n) is 2.42. The highest BCUT2D eigenvalue weighted by atomic mass is 127. The van der Waals surface area contributed by atoms with E-state index in [0.717, 1.165) is 10.7 Å². The number of carbonyl (C=O) groups is 1. The van der Waals surface area contributed by atoms with Crippen molar-refractivity contribution in [3.8, 4) is 0 Å². The Kier molecular flexibility index (Phi) is 4.64. The van der Waals surface area contributed by atoms with Crippen LogP contribution in [0.1, 0.15) is 10.4 Å². The molecule has 1 rings (SSSR count). The van der Waals surface area contributed by atoms with Gasteiger partial charge < -0.3 is 5.73 Å². The molecule has 5 N–H and O–H groups in total. The van der Waals surface area contributed by atoms with Crippen LogP contribution in [-0.4, -0.2) is 5.91 Å². The van der Waals surface area contributed by atoms with E-state index >= 15 is 0 Å². The maximum absolute atomic E-state index is 11.4. The van der Waals surface area contributed by atoms with Crippen LogP contribution in [0.15, 0.2) is 6.07 Å². The summed E-state index contributed by atoms with van der Waals surface area (Å²) in [7, 11) is 0. The van der Waals surface area contributed by atoms with E-state index in [1.807, 2.05) is 28.7 Å². The zero-order chi connectivity index (χ0) is 10.9. The SMILES string of the molecule is NNC(=O)c1c(I)cc(I)c(N)c1I. The fourth-order valence-corrected chi connectivity index (χ4v) is 4.75. The van der Waals surface area contributed by atoms with Crippen LogP contribution in [0.25, 0.3) is 0 Å². The van der Waals surface area contributed by atoms with Crippen molar-refractivity contribution in [2.24, 2.45) is 5.84 Å². The third-order valence-corrected chi connectivity index (χ3v) is 4.43. The van der Waals surface area contributed by atoms with Crippen LogP contribution < -0.4 is 17.0 Å². The number of carbonyl (C=O) groups excluding carboxylic acids is 1. The molecule has 7 heteroatoms. The van der Waals surface area contributed by atoms with Crippen molar-refractivity contribution in [2.75, 3.05) is 5.73 Å². The van der Waals surface area contributed by atoms with E-state index in [1.54, 1.807) is 0 Å². The van der Waals surface area contributed by atoms with Gasteiger partial charge in [-0.2, -0.15) is 0 Å². The van der Waals surface area contributed by atoms with Crippen LogP contribution in [0.5, 0.6) is 0 Å². The average molecular weight is 529 g/mol. The maximum Gasteiger partial charge on any atom is 0.267 e. The molecule has 0 atom stereocenters. The Labute approximate surface area is 122 Å². The molecule has 0 aliphatic heterocycles. The molecule has 0 aliphatic rings. The van der Waals surface area contributed by atoms with Crippen molar-refractivity contribution in [3.63, 3.8) is 0 Å². The first-order chi connectivity index (χ1) is 6.49. The third kappa shape index (κ3) is 2.41. The number of nitrogens with one attached hydrogen (secondary N) is 1. The standard InChI is InChI=1S/C7H6I3N3O/c8-2-1-3(9)6(11)5(10)4(2)7(14)13-12/h1H,11-12H2,(H,13,14). The Morgan fingerprint density at radius 1 is 1.29 bits per heavy atom. The van der Waals surface area contributed by atoms with Gasteiger partial charge in [0, 0.05) is 7.14 Å². The Balaban J connectivity index is 3.44. The highest BCUT2D eigenvalue weighted by molar-refractivity contribution is 14.1. The molecule has 0 saturated heterocycles. The van der Waals surface area contributed by atoms with Gasteiger partial charge in [0.05, 0.1) is 14.8 Å². The predicted octanol–water partition coefficient (Wildman–Crippen LogP) is 1.69. The summed E-state index contributed by atoms with van der Waals surface area (Å²) < 4.78 is 2.51. The third-order valence-electron chi connectivity index (χ3n) is 1.56. The molecule has 0 fully saturated rings. The van der Waals surface area contributed by atoms with Gasteiger partial charge in [-0.15, -0.1) is 0 Å². The number of hydrogen-bond donors (Lipinski definition) is 3. The number of benzene rings is 1. The number of hydrazine groups is 1. The molecule has 0 aromatic heterocycles. The molecule has 1 amide bonds. The maximum atomic E-state index is 11.4. The molecular weight excluding hydrogens is 523 g/mol. The quantitative estimate of drug-likeness (QED) is 0.171. The zero-order valence-corrected chi connectivity index (χ0v) is 13.2. The van der Waals surface area contributed by atoms with Crippen LogP contribution >= 0.6 is 67.8 Å². The number of hydrogen-bond acceptors (Lipinski definition) is 3. The zero-order valence-electron chi connectivity index (χ0n) is 6.77. The lowest BCUT2D eigenvalue weighted by molar-refractivity contribution is 0.0952. The summed E-state index contributed by atoms with van der Waals surface area (Å²) in [6.45, 7) is 0. The minimum Gasteiger partial charge on any atom is -0.397 e. The van der Waals surface area contributed by atoms with Gasteiger partial charge in [0.2, 0.25) is 0 Å². The summed E-state index contributed by atoms with van der Waals surface area (Å²) in [5, 5.41) is 0. The van der Waals surface area contributed by atoms with E-state index in [2.05, 4.69) is 50.6 Å². The first kappa shape index (κ1) is 12.7. The molecule has 76 valence electrons. The fourth-order valence-electron chi connectivity index (χ4n) is 0.886. The van der Waals surface area contributed by atoms with Crippen molar-refractivity contribution in [1.29, 1.82) is 0 Å². The summed E-state index contributed by atoms with van der Waals surface area (Å²) in [4.78, 5) is 11.4. The van der Waals surface area contributed by atoms with E-state index in [9.17, 15) is 4.79 Å². The van der Waals surface area contributed by atoms with Gasteiger partial charge in [-0.3, -0.25) is 10.2 Å². The number of amides is 1.